The maximum atomic E-state index is 13.4. The molecule has 0 amide bonds. The summed E-state index contributed by atoms with van der Waals surface area (Å²) in [7, 11) is 0. The van der Waals surface area contributed by atoms with Crippen molar-refractivity contribution in [2.24, 2.45) is 0 Å². The number of alkyl halides is 2. The van der Waals surface area contributed by atoms with E-state index in [1.165, 1.54) is 12.1 Å². The van der Waals surface area contributed by atoms with Crippen LogP contribution in [0.3, 0.4) is 0 Å². The smallest absolute Gasteiger partial charge is 0.261 e. The summed E-state index contributed by atoms with van der Waals surface area (Å²) in [5.41, 5.74) is 0.819. The molecule has 1 aromatic carbocycles. The maximum absolute atomic E-state index is 13.4. The number of hydrogen-bond donors (Lipinski definition) is 1. The SMILES string of the molecule is CCCNC(CCOCC(F)F)Cc1ccc(Cl)c(F)c1. The van der Waals surface area contributed by atoms with E-state index in [1.54, 1.807) is 6.07 Å². The summed E-state index contributed by atoms with van der Waals surface area (Å²) in [4.78, 5) is 0. The van der Waals surface area contributed by atoms with E-state index in [-0.39, 0.29) is 17.7 Å². The van der Waals surface area contributed by atoms with Crippen LogP contribution in [-0.2, 0) is 11.2 Å². The summed E-state index contributed by atoms with van der Waals surface area (Å²) in [6, 6.07) is 4.76. The Labute approximate surface area is 128 Å². The van der Waals surface area contributed by atoms with Gasteiger partial charge in [0.2, 0.25) is 0 Å². The topological polar surface area (TPSA) is 21.3 Å². The molecule has 1 N–H and O–H groups in total. The second-order valence-electron chi connectivity index (χ2n) is 4.86. The Balaban J connectivity index is 2.49. The van der Waals surface area contributed by atoms with Gasteiger partial charge in [0.15, 0.2) is 0 Å². The molecule has 0 saturated carbocycles. The molecule has 0 aliphatic carbocycles. The van der Waals surface area contributed by atoms with Crippen LogP contribution in [0.1, 0.15) is 25.3 Å². The number of halogens is 4. The fraction of sp³-hybridized carbons (Fsp3) is 0.600. The predicted molar refractivity (Wildman–Crippen MR) is 78.6 cm³/mol. The highest BCUT2D eigenvalue weighted by molar-refractivity contribution is 6.30. The highest BCUT2D eigenvalue weighted by atomic mass is 35.5. The lowest BCUT2D eigenvalue weighted by Crippen LogP contribution is -2.33. The molecule has 0 aliphatic rings. The number of benzene rings is 1. The highest BCUT2D eigenvalue weighted by Gasteiger charge is 2.11. The third-order valence-electron chi connectivity index (χ3n) is 3.00. The Morgan fingerprint density at radius 2 is 2.10 bits per heavy atom. The van der Waals surface area contributed by atoms with E-state index < -0.39 is 18.8 Å². The molecule has 1 rings (SSSR count). The predicted octanol–water partition coefficient (Wildman–Crippen LogP) is 4.06. The van der Waals surface area contributed by atoms with Crippen LogP contribution in [0.25, 0.3) is 0 Å². The second-order valence-corrected chi connectivity index (χ2v) is 5.27. The van der Waals surface area contributed by atoms with E-state index in [2.05, 4.69) is 5.32 Å². The van der Waals surface area contributed by atoms with Crippen LogP contribution in [0.5, 0.6) is 0 Å². The molecule has 120 valence electrons. The van der Waals surface area contributed by atoms with Gasteiger partial charge in [0.05, 0.1) is 5.02 Å². The summed E-state index contributed by atoms with van der Waals surface area (Å²) in [5.74, 6) is -0.447. The minimum Gasteiger partial charge on any atom is -0.375 e. The lowest BCUT2D eigenvalue weighted by molar-refractivity contribution is 0.0144. The largest absolute Gasteiger partial charge is 0.375 e. The molecule has 1 aromatic rings. The van der Waals surface area contributed by atoms with Gasteiger partial charge in [0, 0.05) is 12.6 Å². The van der Waals surface area contributed by atoms with Gasteiger partial charge >= 0.3 is 0 Å². The fourth-order valence-electron chi connectivity index (χ4n) is 1.97. The molecule has 0 saturated heterocycles. The average Bonchev–Trinajstić information content (AvgIpc) is 2.44. The molecule has 2 nitrogen and oxygen atoms in total. The molecule has 0 radical (unpaired) electrons. The van der Waals surface area contributed by atoms with Gasteiger partial charge in [-0.1, -0.05) is 24.6 Å². The van der Waals surface area contributed by atoms with Crippen molar-refractivity contribution in [3.8, 4) is 0 Å². The number of hydrogen-bond acceptors (Lipinski definition) is 2. The van der Waals surface area contributed by atoms with Gasteiger partial charge < -0.3 is 10.1 Å². The van der Waals surface area contributed by atoms with Crippen molar-refractivity contribution in [2.75, 3.05) is 19.8 Å². The summed E-state index contributed by atoms with van der Waals surface area (Å²) in [6.45, 7) is 2.56. The molecule has 6 heteroatoms. The first-order chi connectivity index (χ1) is 10.0. The Kier molecular flexibility index (Phi) is 8.73. The first-order valence-electron chi connectivity index (χ1n) is 7.06. The molecule has 0 bridgehead atoms. The molecule has 0 fully saturated rings. The van der Waals surface area contributed by atoms with E-state index in [4.69, 9.17) is 16.3 Å². The van der Waals surface area contributed by atoms with Crippen LogP contribution < -0.4 is 5.32 Å². The first kappa shape index (κ1) is 18.3. The maximum Gasteiger partial charge on any atom is 0.261 e. The minimum atomic E-state index is -2.45. The summed E-state index contributed by atoms with van der Waals surface area (Å²) in [5, 5.41) is 3.41. The molecule has 1 unspecified atom stereocenters. The Hall–Kier alpha value is -0.780. The van der Waals surface area contributed by atoms with E-state index >= 15 is 0 Å². The third-order valence-corrected chi connectivity index (χ3v) is 3.31. The quantitative estimate of drug-likeness (QED) is 0.656. The van der Waals surface area contributed by atoms with Crippen molar-refractivity contribution in [2.45, 2.75) is 38.7 Å². The van der Waals surface area contributed by atoms with Crippen molar-refractivity contribution in [3.63, 3.8) is 0 Å². The van der Waals surface area contributed by atoms with E-state index in [9.17, 15) is 13.2 Å². The Morgan fingerprint density at radius 1 is 1.33 bits per heavy atom. The molecule has 1 atom stereocenters. The minimum absolute atomic E-state index is 0.0585. The van der Waals surface area contributed by atoms with Crippen molar-refractivity contribution >= 4 is 11.6 Å². The van der Waals surface area contributed by atoms with Gasteiger partial charge in [-0.25, -0.2) is 13.2 Å². The zero-order chi connectivity index (χ0) is 15.7. The lowest BCUT2D eigenvalue weighted by atomic mass is 10.0. The monoisotopic (exact) mass is 323 g/mol. The molecule has 21 heavy (non-hydrogen) atoms. The van der Waals surface area contributed by atoms with Crippen LogP contribution in [0.2, 0.25) is 5.02 Å². The van der Waals surface area contributed by atoms with Gasteiger partial charge in [0.25, 0.3) is 6.43 Å². The molecule has 0 heterocycles. The standard InChI is InChI=1S/C15H21ClF3NO/c1-2-6-20-12(5-7-21-10-15(18)19)8-11-3-4-13(16)14(17)9-11/h3-4,9,12,15,20H,2,5-8,10H2,1H3. The Bertz CT molecular complexity index is 418. The third kappa shape index (κ3) is 7.69. The van der Waals surface area contributed by atoms with E-state index in [1.807, 2.05) is 6.92 Å². The molecular weight excluding hydrogens is 303 g/mol. The number of rotatable bonds is 10. The number of nitrogens with one attached hydrogen (secondary N) is 1. The molecular formula is C15H21ClF3NO. The van der Waals surface area contributed by atoms with E-state index in [0.29, 0.717) is 12.8 Å². The Morgan fingerprint density at radius 3 is 2.71 bits per heavy atom. The van der Waals surface area contributed by atoms with Gasteiger partial charge in [-0.3, -0.25) is 0 Å². The van der Waals surface area contributed by atoms with Crippen molar-refractivity contribution in [1.82, 2.24) is 5.32 Å². The molecule has 0 aromatic heterocycles. The normalized spacial score (nSPS) is 12.9. The van der Waals surface area contributed by atoms with Crippen molar-refractivity contribution in [3.05, 3.63) is 34.6 Å². The summed E-state index contributed by atoms with van der Waals surface area (Å²) in [6.07, 6.45) is -0.288. The second kappa shape index (κ2) is 10.0. The van der Waals surface area contributed by atoms with Crippen LogP contribution in [0.15, 0.2) is 18.2 Å². The van der Waals surface area contributed by atoms with Crippen LogP contribution in [-0.4, -0.2) is 32.2 Å². The van der Waals surface area contributed by atoms with Crippen molar-refractivity contribution < 1.29 is 17.9 Å². The lowest BCUT2D eigenvalue weighted by Gasteiger charge is -2.19. The van der Waals surface area contributed by atoms with Gasteiger partial charge in [-0.2, -0.15) is 0 Å². The highest BCUT2D eigenvalue weighted by Crippen LogP contribution is 2.17. The zero-order valence-corrected chi connectivity index (χ0v) is 12.8. The van der Waals surface area contributed by atoms with Crippen LogP contribution in [0, 0.1) is 5.82 Å². The zero-order valence-electron chi connectivity index (χ0n) is 12.0. The van der Waals surface area contributed by atoms with Crippen LogP contribution in [0.4, 0.5) is 13.2 Å². The first-order valence-corrected chi connectivity index (χ1v) is 7.44. The summed E-state index contributed by atoms with van der Waals surface area (Å²) < 4.78 is 42.3. The van der Waals surface area contributed by atoms with Gasteiger partial charge in [0.1, 0.15) is 12.4 Å². The molecule has 0 aliphatic heterocycles. The van der Waals surface area contributed by atoms with Gasteiger partial charge in [-0.05, 0) is 43.5 Å². The van der Waals surface area contributed by atoms with Crippen LogP contribution >= 0.6 is 11.6 Å². The fourth-order valence-corrected chi connectivity index (χ4v) is 2.09. The van der Waals surface area contributed by atoms with E-state index in [0.717, 1.165) is 18.5 Å². The average molecular weight is 324 g/mol. The van der Waals surface area contributed by atoms with Crippen molar-refractivity contribution in [1.29, 1.82) is 0 Å². The number of ether oxygens (including phenoxy) is 1. The molecule has 0 spiro atoms. The van der Waals surface area contributed by atoms with Gasteiger partial charge in [-0.15, -0.1) is 0 Å². The summed E-state index contributed by atoms with van der Waals surface area (Å²) >= 11 is 5.65.